The zero-order chi connectivity index (χ0) is 13.0. The van der Waals surface area contributed by atoms with Crippen LogP contribution < -0.4 is 5.32 Å². The maximum atomic E-state index is 5.72. The summed E-state index contributed by atoms with van der Waals surface area (Å²) < 4.78 is 5.72. The van der Waals surface area contributed by atoms with Gasteiger partial charge in [-0.15, -0.1) is 0 Å². The van der Waals surface area contributed by atoms with Crippen LogP contribution in [0.4, 0.5) is 0 Å². The van der Waals surface area contributed by atoms with Crippen LogP contribution in [0.5, 0.6) is 0 Å². The highest BCUT2D eigenvalue weighted by Gasteiger charge is 2.19. The molecule has 1 aromatic rings. The first kappa shape index (κ1) is 13.6. The van der Waals surface area contributed by atoms with Crippen LogP contribution in [-0.2, 0) is 11.2 Å². The van der Waals surface area contributed by atoms with Crippen LogP contribution in [0.2, 0.25) is 0 Å². The predicted molar refractivity (Wildman–Crippen MR) is 76.1 cm³/mol. The Morgan fingerprint density at radius 2 is 2.22 bits per heavy atom. The van der Waals surface area contributed by atoms with Crippen molar-refractivity contribution in [3.8, 4) is 0 Å². The molecule has 100 valence electrons. The van der Waals surface area contributed by atoms with E-state index in [2.05, 4.69) is 44.3 Å². The van der Waals surface area contributed by atoms with Gasteiger partial charge in [-0.3, -0.25) is 0 Å². The maximum absolute atomic E-state index is 5.72. The van der Waals surface area contributed by atoms with Gasteiger partial charge in [0.05, 0.1) is 19.3 Å². The summed E-state index contributed by atoms with van der Waals surface area (Å²) in [7, 11) is 0. The molecule has 1 unspecified atom stereocenters. The topological polar surface area (TPSA) is 21.3 Å². The van der Waals surface area contributed by atoms with Crippen molar-refractivity contribution in [3.63, 3.8) is 0 Å². The fraction of sp³-hybridized carbons (Fsp3) is 0.625. The molecular weight excluding hydrogens is 222 g/mol. The van der Waals surface area contributed by atoms with E-state index in [0.717, 1.165) is 32.6 Å². The number of hydrogen-bond acceptors (Lipinski definition) is 2. The van der Waals surface area contributed by atoms with Crippen LogP contribution in [0.1, 0.15) is 55.8 Å². The van der Waals surface area contributed by atoms with Crippen molar-refractivity contribution in [2.24, 2.45) is 0 Å². The first-order valence-electron chi connectivity index (χ1n) is 7.16. The minimum atomic E-state index is 0.362. The summed E-state index contributed by atoms with van der Waals surface area (Å²) in [5, 5.41) is 3.61. The second-order valence-electron chi connectivity index (χ2n) is 5.44. The Morgan fingerprint density at radius 3 is 2.94 bits per heavy atom. The number of ether oxygens (including phenoxy) is 1. The third-order valence-corrected chi connectivity index (χ3v) is 3.65. The average Bonchev–Trinajstić information content (AvgIpc) is 2.57. The summed E-state index contributed by atoms with van der Waals surface area (Å²) in [6.45, 7) is 9.41. The van der Waals surface area contributed by atoms with Crippen molar-refractivity contribution in [2.45, 2.75) is 45.6 Å². The highest BCUT2D eigenvalue weighted by molar-refractivity contribution is 5.36. The molecule has 0 spiro atoms. The van der Waals surface area contributed by atoms with Gasteiger partial charge >= 0.3 is 0 Å². The SMILES string of the molecule is CCCNC1COCCc2ccc(C(C)C)cc21. The third kappa shape index (κ3) is 3.12. The molecule has 2 nitrogen and oxygen atoms in total. The van der Waals surface area contributed by atoms with Crippen molar-refractivity contribution < 1.29 is 4.74 Å². The van der Waals surface area contributed by atoms with Crippen molar-refractivity contribution in [1.29, 1.82) is 0 Å². The van der Waals surface area contributed by atoms with Crippen LogP contribution in [0.15, 0.2) is 18.2 Å². The van der Waals surface area contributed by atoms with Gasteiger partial charge in [0.1, 0.15) is 0 Å². The Bertz CT molecular complexity index is 387. The van der Waals surface area contributed by atoms with Crippen LogP contribution in [-0.4, -0.2) is 19.8 Å². The van der Waals surface area contributed by atoms with Crippen molar-refractivity contribution in [1.82, 2.24) is 5.32 Å². The van der Waals surface area contributed by atoms with Gasteiger partial charge < -0.3 is 10.1 Å². The molecule has 0 amide bonds. The molecule has 1 aliphatic heterocycles. The van der Waals surface area contributed by atoms with Crippen LogP contribution >= 0.6 is 0 Å². The standard InChI is InChI=1S/C16H25NO/c1-4-8-17-16-11-18-9-7-13-5-6-14(12(2)3)10-15(13)16/h5-6,10,12,16-17H,4,7-9,11H2,1-3H3. The molecule has 0 saturated heterocycles. The summed E-state index contributed by atoms with van der Waals surface area (Å²) in [4.78, 5) is 0. The highest BCUT2D eigenvalue weighted by Crippen LogP contribution is 2.26. The normalized spacial score (nSPS) is 19.7. The lowest BCUT2D eigenvalue weighted by Crippen LogP contribution is -2.26. The lowest BCUT2D eigenvalue weighted by atomic mass is 9.93. The van der Waals surface area contributed by atoms with Gasteiger partial charge in [-0.2, -0.15) is 0 Å². The second-order valence-corrected chi connectivity index (χ2v) is 5.44. The molecule has 1 aliphatic rings. The Morgan fingerprint density at radius 1 is 1.39 bits per heavy atom. The summed E-state index contributed by atoms with van der Waals surface area (Å²) in [5.74, 6) is 0.589. The minimum Gasteiger partial charge on any atom is -0.379 e. The van der Waals surface area contributed by atoms with E-state index in [9.17, 15) is 0 Å². The molecule has 1 N–H and O–H groups in total. The lowest BCUT2D eigenvalue weighted by molar-refractivity contribution is 0.121. The molecule has 0 bridgehead atoms. The predicted octanol–water partition coefficient (Wildman–Crippen LogP) is 3.42. The van der Waals surface area contributed by atoms with Crippen molar-refractivity contribution >= 4 is 0 Å². The fourth-order valence-electron chi connectivity index (χ4n) is 2.49. The molecule has 0 aromatic heterocycles. The third-order valence-electron chi connectivity index (χ3n) is 3.65. The molecule has 1 aromatic carbocycles. The summed E-state index contributed by atoms with van der Waals surface area (Å²) >= 11 is 0. The number of benzene rings is 1. The zero-order valence-corrected chi connectivity index (χ0v) is 11.8. The molecule has 0 saturated carbocycles. The summed E-state index contributed by atoms with van der Waals surface area (Å²) in [6, 6.07) is 7.30. The van der Waals surface area contributed by atoms with Gasteiger partial charge in [-0.1, -0.05) is 39.0 Å². The summed E-state index contributed by atoms with van der Waals surface area (Å²) in [5.41, 5.74) is 4.33. The maximum Gasteiger partial charge on any atom is 0.0661 e. The molecule has 0 aliphatic carbocycles. The Balaban J connectivity index is 2.28. The van der Waals surface area contributed by atoms with E-state index in [1.807, 2.05) is 0 Å². The van der Waals surface area contributed by atoms with E-state index in [-0.39, 0.29) is 0 Å². The van der Waals surface area contributed by atoms with E-state index in [0.29, 0.717) is 12.0 Å². The highest BCUT2D eigenvalue weighted by atomic mass is 16.5. The Labute approximate surface area is 111 Å². The smallest absolute Gasteiger partial charge is 0.0661 e. The number of rotatable bonds is 4. The first-order chi connectivity index (χ1) is 8.72. The van der Waals surface area contributed by atoms with Gasteiger partial charge in [0.25, 0.3) is 0 Å². The van der Waals surface area contributed by atoms with Gasteiger partial charge in [0.15, 0.2) is 0 Å². The van der Waals surface area contributed by atoms with Gasteiger partial charge in [0, 0.05) is 0 Å². The molecule has 0 radical (unpaired) electrons. The quantitative estimate of drug-likeness (QED) is 0.880. The van der Waals surface area contributed by atoms with Crippen LogP contribution in [0.25, 0.3) is 0 Å². The van der Waals surface area contributed by atoms with Crippen molar-refractivity contribution in [3.05, 3.63) is 34.9 Å². The van der Waals surface area contributed by atoms with E-state index >= 15 is 0 Å². The fourth-order valence-corrected chi connectivity index (χ4v) is 2.49. The van der Waals surface area contributed by atoms with Gasteiger partial charge in [-0.05, 0) is 42.0 Å². The molecule has 2 heteroatoms. The molecule has 1 heterocycles. The monoisotopic (exact) mass is 247 g/mol. The second kappa shape index (κ2) is 6.35. The van der Waals surface area contributed by atoms with Crippen LogP contribution in [0, 0.1) is 0 Å². The van der Waals surface area contributed by atoms with Gasteiger partial charge in [0.2, 0.25) is 0 Å². The lowest BCUT2D eigenvalue weighted by Gasteiger charge is -2.20. The van der Waals surface area contributed by atoms with E-state index in [1.54, 1.807) is 0 Å². The molecule has 18 heavy (non-hydrogen) atoms. The summed E-state index contributed by atoms with van der Waals surface area (Å²) in [6.07, 6.45) is 2.20. The van der Waals surface area contributed by atoms with Crippen LogP contribution in [0.3, 0.4) is 0 Å². The number of fused-ring (bicyclic) bond motifs is 1. The molecular formula is C16H25NO. The Hall–Kier alpha value is -0.860. The average molecular weight is 247 g/mol. The van der Waals surface area contributed by atoms with E-state index in [1.165, 1.54) is 16.7 Å². The first-order valence-corrected chi connectivity index (χ1v) is 7.16. The van der Waals surface area contributed by atoms with E-state index in [4.69, 9.17) is 4.74 Å². The largest absolute Gasteiger partial charge is 0.379 e. The van der Waals surface area contributed by atoms with Gasteiger partial charge in [-0.25, -0.2) is 0 Å². The number of nitrogens with one attached hydrogen (secondary N) is 1. The number of hydrogen-bond donors (Lipinski definition) is 1. The molecule has 2 rings (SSSR count). The van der Waals surface area contributed by atoms with E-state index < -0.39 is 0 Å². The molecule has 0 fully saturated rings. The minimum absolute atomic E-state index is 0.362. The van der Waals surface area contributed by atoms with Crippen molar-refractivity contribution in [2.75, 3.05) is 19.8 Å². The molecule has 1 atom stereocenters. The zero-order valence-electron chi connectivity index (χ0n) is 11.8. The Kier molecular flexibility index (Phi) is 4.79.